The highest BCUT2D eigenvalue weighted by Gasteiger charge is 2.28. The summed E-state index contributed by atoms with van der Waals surface area (Å²) in [6.07, 6.45) is 1.70. The molecule has 3 rings (SSSR count). The average Bonchev–Trinajstić information content (AvgIpc) is 2.91. The molecule has 1 fully saturated rings. The molecule has 0 spiro atoms. The summed E-state index contributed by atoms with van der Waals surface area (Å²) < 4.78 is 0. The SMILES string of the molecule is Cc1ccccc1CN1C(=O)CS/C1=N\N=C/c1ccccc1. The van der Waals surface area contributed by atoms with Crippen molar-refractivity contribution in [2.24, 2.45) is 10.2 Å². The molecule has 0 radical (unpaired) electrons. The monoisotopic (exact) mass is 323 g/mol. The molecular weight excluding hydrogens is 306 g/mol. The number of amidine groups is 1. The largest absolute Gasteiger partial charge is 0.285 e. The van der Waals surface area contributed by atoms with Crippen molar-refractivity contribution in [1.82, 2.24) is 4.90 Å². The summed E-state index contributed by atoms with van der Waals surface area (Å²) in [6.45, 7) is 2.59. The molecule has 1 saturated heterocycles. The highest BCUT2D eigenvalue weighted by molar-refractivity contribution is 8.15. The van der Waals surface area contributed by atoms with E-state index < -0.39 is 0 Å². The lowest BCUT2D eigenvalue weighted by molar-refractivity contribution is -0.124. The number of benzene rings is 2. The van der Waals surface area contributed by atoms with Gasteiger partial charge >= 0.3 is 0 Å². The van der Waals surface area contributed by atoms with E-state index in [1.165, 1.54) is 17.3 Å². The number of thioether (sulfide) groups is 1. The molecule has 116 valence electrons. The van der Waals surface area contributed by atoms with Crippen LogP contribution in [-0.2, 0) is 11.3 Å². The quantitative estimate of drug-likeness (QED) is 0.639. The van der Waals surface area contributed by atoms with Crippen LogP contribution < -0.4 is 0 Å². The van der Waals surface area contributed by atoms with Gasteiger partial charge in [0.05, 0.1) is 18.5 Å². The van der Waals surface area contributed by atoms with Crippen LogP contribution in [0.5, 0.6) is 0 Å². The molecule has 0 atom stereocenters. The van der Waals surface area contributed by atoms with Crippen molar-refractivity contribution < 1.29 is 4.79 Å². The van der Waals surface area contributed by atoms with Crippen LogP contribution in [0.2, 0.25) is 0 Å². The van der Waals surface area contributed by atoms with Gasteiger partial charge in [-0.3, -0.25) is 9.69 Å². The van der Waals surface area contributed by atoms with Crippen LogP contribution in [0.15, 0.2) is 64.8 Å². The van der Waals surface area contributed by atoms with Crippen molar-refractivity contribution in [3.05, 3.63) is 71.3 Å². The fourth-order valence-corrected chi connectivity index (χ4v) is 3.10. The molecule has 0 unspecified atom stereocenters. The van der Waals surface area contributed by atoms with Crippen molar-refractivity contribution >= 4 is 29.1 Å². The van der Waals surface area contributed by atoms with E-state index in [2.05, 4.69) is 10.2 Å². The predicted octanol–water partition coefficient (Wildman–Crippen LogP) is 3.46. The average molecular weight is 323 g/mol. The number of hydrogen-bond acceptors (Lipinski definition) is 4. The van der Waals surface area contributed by atoms with E-state index in [0.29, 0.717) is 17.5 Å². The van der Waals surface area contributed by atoms with Crippen LogP contribution in [0, 0.1) is 6.92 Å². The molecule has 0 N–H and O–H groups in total. The van der Waals surface area contributed by atoms with Gasteiger partial charge in [0.15, 0.2) is 5.17 Å². The second-order valence-corrected chi connectivity index (χ2v) is 6.18. The van der Waals surface area contributed by atoms with E-state index in [4.69, 9.17) is 0 Å². The standard InChI is InChI=1S/C18H17N3OS/c1-14-7-5-6-10-16(14)12-21-17(22)13-23-18(21)20-19-11-15-8-3-2-4-9-15/h2-11H,12-13H2,1H3/b19-11-,20-18-. The first-order valence-electron chi connectivity index (χ1n) is 7.38. The zero-order chi connectivity index (χ0) is 16.1. The highest BCUT2D eigenvalue weighted by Crippen LogP contribution is 2.23. The molecule has 5 heteroatoms. The van der Waals surface area contributed by atoms with Gasteiger partial charge in [-0.2, -0.15) is 5.10 Å². The summed E-state index contributed by atoms with van der Waals surface area (Å²) in [5, 5.41) is 9.01. The second-order valence-electron chi connectivity index (χ2n) is 5.23. The smallest absolute Gasteiger partial charge is 0.239 e. The topological polar surface area (TPSA) is 45.0 Å². The van der Waals surface area contributed by atoms with Crippen molar-refractivity contribution in [1.29, 1.82) is 0 Å². The van der Waals surface area contributed by atoms with Crippen LogP contribution in [-0.4, -0.2) is 27.9 Å². The molecule has 0 aromatic heterocycles. The molecule has 1 aliphatic rings. The van der Waals surface area contributed by atoms with Crippen LogP contribution in [0.4, 0.5) is 0 Å². The van der Waals surface area contributed by atoms with Gasteiger partial charge in [-0.05, 0) is 23.6 Å². The number of aryl methyl sites for hydroxylation is 1. The van der Waals surface area contributed by atoms with Gasteiger partial charge in [-0.1, -0.05) is 66.4 Å². The Balaban J connectivity index is 1.76. The number of rotatable bonds is 4. The number of carbonyl (C=O) groups is 1. The van der Waals surface area contributed by atoms with Crippen LogP contribution in [0.3, 0.4) is 0 Å². The number of amides is 1. The Kier molecular flexibility index (Phi) is 4.88. The molecule has 1 heterocycles. The second kappa shape index (κ2) is 7.24. The van der Waals surface area contributed by atoms with Gasteiger partial charge in [0.1, 0.15) is 0 Å². The lowest BCUT2D eigenvalue weighted by atomic mass is 10.1. The normalized spacial score (nSPS) is 16.7. The first-order chi connectivity index (χ1) is 11.2. The van der Waals surface area contributed by atoms with E-state index in [-0.39, 0.29) is 5.91 Å². The van der Waals surface area contributed by atoms with Crippen molar-refractivity contribution in [3.8, 4) is 0 Å². The zero-order valence-electron chi connectivity index (χ0n) is 12.8. The third kappa shape index (κ3) is 3.87. The zero-order valence-corrected chi connectivity index (χ0v) is 13.7. The van der Waals surface area contributed by atoms with E-state index in [1.54, 1.807) is 11.1 Å². The predicted molar refractivity (Wildman–Crippen MR) is 95.7 cm³/mol. The van der Waals surface area contributed by atoms with Crippen LogP contribution >= 0.6 is 11.8 Å². The minimum atomic E-state index is 0.0758. The lowest BCUT2D eigenvalue weighted by Gasteiger charge is -2.16. The lowest BCUT2D eigenvalue weighted by Crippen LogP contribution is -2.29. The Morgan fingerprint density at radius 3 is 2.65 bits per heavy atom. The molecule has 0 saturated carbocycles. The molecule has 1 amide bonds. The maximum absolute atomic E-state index is 12.1. The van der Waals surface area contributed by atoms with Gasteiger partial charge in [0, 0.05) is 0 Å². The third-order valence-electron chi connectivity index (χ3n) is 3.60. The minimum Gasteiger partial charge on any atom is -0.285 e. The first-order valence-corrected chi connectivity index (χ1v) is 8.36. The van der Waals surface area contributed by atoms with Gasteiger partial charge < -0.3 is 0 Å². The minimum absolute atomic E-state index is 0.0758. The van der Waals surface area contributed by atoms with Crippen molar-refractivity contribution in [2.75, 3.05) is 5.75 Å². The first kappa shape index (κ1) is 15.5. The fraction of sp³-hybridized carbons (Fsp3) is 0.167. The summed E-state index contributed by atoms with van der Waals surface area (Å²) in [5.74, 6) is 0.498. The number of carbonyl (C=O) groups excluding carboxylic acids is 1. The van der Waals surface area contributed by atoms with E-state index in [1.807, 2.05) is 61.5 Å². The molecule has 0 bridgehead atoms. The third-order valence-corrected chi connectivity index (χ3v) is 4.55. The van der Waals surface area contributed by atoms with Crippen LogP contribution in [0.1, 0.15) is 16.7 Å². The Morgan fingerprint density at radius 1 is 1.13 bits per heavy atom. The Hall–Kier alpha value is -2.40. The summed E-state index contributed by atoms with van der Waals surface area (Å²) in [5.41, 5.74) is 3.28. The Bertz CT molecular complexity index is 756. The van der Waals surface area contributed by atoms with Gasteiger partial charge in [0.25, 0.3) is 0 Å². The van der Waals surface area contributed by atoms with Gasteiger partial charge in [-0.25, -0.2) is 0 Å². The van der Waals surface area contributed by atoms with Crippen LogP contribution in [0.25, 0.3) is 0 Å². The van der Waals surface area contributed by atoms with Crippen molar-refractivity contribution in [2.45, 2.75) is 13.5 Å². The molecule has 2 aromatic rings. The molecular formula is C18H17N3OS. The van der Waals surface area contributed by atoms with E-state index >= 15 is 0 Å². The number of nitrogens with zero attached hydrogens (tertiary/aromatic N) is 3. The number of hydrogen-bond donors (Lipinski definition) is 0. The Labute approximate surface area is 139 Å². The van der Waals surface area contributed by atoms with Gasteiger partial charge in [-0.15, -0.1) is 5.10 Å². The maximum Gasteiger partial charge on any atom is 0.239 e. The maximum atomic E-state index is 12.1. The summed E-state index contributed by atoms with van der Waals surface area (Å²) >= 11 is 1.43. The highest BCUT2D eigenvalue weighted by atomic mass is 32.2. The van der Waals surface area contributed by atoms with E-state index in [0.717, 1.165) is 11.1 Å². The summed E-state index contributed by atoms with van der Waals surface area (Å²) in [7, 11) is 0. The molecule has 1 aliphatic heterocycles. The van der Waals surface area contributed by atoms with Crippen molar-refractivity contribution in [3.63, 3.8) is 0 Å². The molecule has 23 heavy (non-hydrogen) atoms. The molecule has 4 nitrogen and oxygen atoms in total. The summed E-state index contributed by atoms with van der Waals surface area (Å²) in [4.78, 5) is 13.8. The van der Waals surface area contributed by atoms with E-state index in [9.17, 15) is 4.79 Å². The summed E-state index contributed by atoms with van der Waals surface area (Å²) in [6, 6.07) is 17.9. The van der Waals surface area contributed by atoms with Gasteiger partial charge in [0.2, 0.25) is 5.91 Å². The molecule has 2 aromatic carbocycles. The molecule has 0 aliphatic carbocycles. The Morgan fingerprint density at radius 2 is 1.87 bits per heavy atom. The fourth-order valence-electron chi connectivity index (χ4n) is 2.27.